The predicted octanol–water partition coefficient (Wildman–Crippen LogP) is 2.79. The molecule has 0 radical (unpaired) electrons. The largest absolute Gasteiger partial charge is 0.292 e. The Balaban J connectivity index is 1.70. The van der Waals surface area contributed by atoms with Crippen LogP contribution in [0.2, 0.25) is 0 Å². The van der Waals surface area contributed by atoms with Gasteiger partial charge in [0.2, 0.25) is 0 Å². The summed E-state index contributed by atoms with van der Waals surface area (Å²) in [7, 11) is 1.54. The van der Waals surface area contributed by atoms with Crippen LogP contribution in [0.5, 0.6) is 0 Å². The van der Waals surface area contributed by atoms with Crippen LogP contribution in [0.1, 0.15) is 40.9 Å². The molecule has 6 nitrogen and oxygen atoms in total. The number of hydrogen-bond acceptors (Lipinski definition) is 4. The first-order valence-corrected chi connectivity index (χ1v) is 9.06. The van der Waals surface area contributed by atoms with Crippen LogP contribution in [0.3, 0.4) is 0 Å². The Morgan fingerprint density at radius 3 is 2.59 bits per heavy atom. The zero-order valence-electron chi connectivity index (χ0n) is 15.1. The number of benzene rings is 2. The third kappa shape index (κ3) is 3.26. The van der Waals surface area contributed by atoms with E-state index < -0.39 is 5.91 Å². The van der Waals surface area contributed by atoms with Crippen molar-refractivity contribution in [1.29, 1.82) is 0 Å². The molecule has 0 atom stereocenters. The van der Waals surface area contributed by atoms with E-state index in [4.69, 9.17) is 0 Å². The predicted molar refractivity (Wildman–Crippen MR) is 105 cm³/mol. The highest BCUT2D eigenvalue weighted by atomic mass is 16.2. The van der Waals surface area contributed by atoms with E-state index in [2.05, 4.69) is 21.7 Å². The molecule has 4 rings (SSSR count). The third-order valence-corrected chi connectivity index (χ3v) is 4.90. The summed E-state index contributed by atoms with van der Waals surface area (Å²) < 4.78 is 1.19. The van der Waals surface area contributed by atoms with Crippen LogP contribution in [-0.4, -0.2) is 21.4 Å². The highest BCUT2D eigenvalue weighted by Gasteiger charge is 2.17. The van der Waals surface area contributed by atoms with E-state index in [1.165, 1.54) is 10.2 Å². The summed E-state index contributed by atoms with van der Waals surface area (Å²) >= 11 is 0. The number of aromatic nitrogens is 2. The number of fused-ring (bicyclic) bond motifs is 2. The maximum atomic E-state index is 12.8. The molecule has 3 aromatic rings. The fourth-order valence-electron chi connectivity index (χ4n) is 3.52. The molecule has 0 saturated heterocycles. The van der Waals surface area contributed by atoms with Gasteiger partial charge in [0.1, 0.15) is 0 Å². The number of rotatable bonds is 2. The van der Waals surface area contributed by atoms with Crippen LogP contribution in [0.15, 0.2) is 58.4 Å². The zero-order valence-corrected chi connectivity index (χ0v) is 15.1. The van der Waals surface area contributed by atoms with E-state index in [0.29, 0.717) is 10.8 Å². The van der Waals surface area contributed by atoms with Crippen molar-refractivity contribution in [3.63, 3.8) is 0 Å². The topological polar surface area (TPSA) is 76.3 Å². The Morgan fingerprint density at radius 2 is 1.74 bits per heavy atom. The van der Waals surface area contributed by atoms with Gasteiger partial charge in [-0.25, -0.2) is 10.1 Å². The van der Waals surface area contributed by atoms with E-state index in [0.717, 1.165) is 37.0 Å². The van der Waals surface area contributed by atoms with Crippen LogP contribution in [0.4, 0.5) is 0 Å². The van der Waals surface area contributed by atoms with E-state index in [9.17, 15) is 9.59 Å². The summed E-state index contributed by atoms with van der Waals surface area (Å²) in [5, 5.41) is 9.55. The normalized spacial score (nSPS) is 15.4. The number of aryl methyl sites for hydroxylation is 2. The second-order valence-electron chi connectivity index (χ2n) is 6.69. The minimum Gasteiger partial charge on any atom is -0.267 e. The number of amides is 1. The second kappa shape index (κ2) is 7.15. The molecule has 0 spiro atoms. The Hall–Kier alpha value is -3.28. The average molecular weight is 360 g/mol. The minimum absolute atomic E-state index is 0.193. The van der Waals surface area contributed by atoms with Crippen LogP contribution < -0.4 is 11.0 Å². The van der Waals surface area contributed by atoms with Gasteiger partial charge in [-0.05, 0) is 37.3 Å². The van der Waals surface area contributed by atoms with Gasteiger partial charge in [-0.1, -0.05) is 42.5 Å². The van der Waals surface area contributed by atoms with E-state index in [1.54, 1.807) is 31.3 Å². The van der Waals surface area contributed by atoms with Crippen LogP contribution in [-0.2, 0) is 13.5 Å². The number of nitrogens with zero attached hydrogens (tertiary/aromatic N) is 3. The second-order valence-corrected chi connectivity index (χ2v) is 6.69. The molecule has 0 aliphatic heterocycles. The van der Waals surface area contributed by atoms with Crippen molar-refractivity contribution in [1.82, 2.24) is 15.2 Å². The van der Waals surface area contributed by atoms with Gasteiger partial charge in [0.25, 0.3) is 11.5 Å². The summed E-state index contributed by atoms with van der Waals surface area (Å²) in [6.07, 6.45) is 3.98. The summed E-state index contributed by atoms with van der Waals surface area (Å²) in [6.45, 7) is 0. The molecule has 0 bridgehead atoms. The average Bonchev–Trinajstić information content (AvgIpc) is 2.91. The molecule has 0 fully saturated rings. The van der Waals surface area contributed by atoms with Crippen molar-refractivity contribution in [2.45, 2.75) is 25.7 Å². The Morgan fingerprint density at radius 1 is 1.04 bits per heavy atom. The van der Waals surface area contributed by atoms with Gasteiger partial charge < -0.3 is 0 Å². The van der Waals surface area contributed by atoms with Gasteiger partial charge in [0.05, 0.1) is 11.1 Å². The first-order valence-electron chi connectivity index (χ1n) is 9.06. The summed E-state index contributed by atoms with van der Waals surface area (Å²) in [5.41, 5.74) is 5.84. The summed E-state index contributed by atoms with van der Waals surface area (Å²) in [4.78, 5) is 25.0. The Kier molecular flexibility index (Phi) is 4.54. The fourth-order valence-corrected chi connectivity index (χ4v) is 3.52. The molecule has 0 unspecified atom stereocenters. The van der Waals surface area contributed by atoms with E-state index >= 15 is 0 Å². The smallest absolute Gasteiger partial charge is 0.267 e. The number of hydrogen-bond donors (Lipinski definition) is 1. The van der Waals surface area contributed by atoms with Gasteiger partial charge in [-0.15, -0.1) is 0 Å². The molecule has 1 heterocycles. The molecule has 1 aromatic heterocycles. The Bertz CT molecular complexity index is 1110. The lowest BCUT2D eigenvalue weighted by Gasteiger charge is -2.09. The number of carbonyl (C=O) groups is 1. The molecule has 2 aromatic carbocycles. The molecule has 1 N–H and O–H groups in total. The summed E-state index contributed by atoms with van der Waals surface area (Å²) in [5.74, 6) is -0.420. The van der Waals surface area contributed by atoms with Crippen molar-refractivity contribution in [2.75, 3.05) is 0 Å². The molecule has 1 aliphatic carbocycles. The monoisotopic (exact) mass is 360 g/mol. The van der Waals surface area contributed by atoms with Crippen molar-refractivity contribution >= 4 is 22.4 Å². The molecular formula is C21H20N4O2. The molecule has 6 heteroatoms. The SMILES string of the molecule is Cn1nc(C(=O)N/N=C2/CCCCc3ccccc32)c2ccccc2c1=O. The van der Waals surface area contributed by atoms with Crippen LogP contribution in [0, 0.1) is 0 Å². The standard InChI is InChI=1S/C21H20N4O2/c1-25-21(27)17-12-6-5-11-16(17)19(24-25)20(26)23-22-18-13-7-3-9-14-8-2-4-10-15(14)18/h2,4-6,8,10-12H,3,7,9,13H2,1H3,(H,23,26)/b22-18-. The van der Waals surface area contributed by atoms with Crippen molar-refractivity contribution in [3.05, 3.63) is 75.7 Å². The highest BCUT2D eigenvalue weighted by molar-refractivity contribution is 6.06. The Labute approximate surface area is 156 Å². The van der Waals surface area contributed by atoms with Crippen LogP contribution >= 0.6 is 0 Å². The molecule has 136 valence electrons. The quantitative estimate of drug-likeness (QED) is 0.564. The van der Waals surface area contributed by atoms with E-state index in [-0.39, 0.29) is 11.3 Å². The maximum Gasteiger partial charge on any atom is 0.292 e. The van der Waals surface area contributed by atoms with Crippen molar-refractivity contribution in [2.24, 2.45) is 12.1 Å². The molecule has 27 heavy (non-hydrogen) atoms. The number of hydrazone groups is 1. The van der Waals surface area contributed by atoms with Crippen LogP contribution in [0.25, 0.3) is 10.8 Å². The first kappa shape index (κ1) is 17.1. The molecule has 1 aliphatic rings. The lowest BCUT2D eigenvalue weighted by molar-refractivity contribution is 0.0949. The lowest BCUT2D eigenvalue weighted by atomic mass is 10.0. The fraction of sp³-hybridized carbons (Fsp3) is 0.238. The van der Waals surface area contributed by atoms with Gasteiger partial charge >= 0.3 is 0 Å². The third-order valence-electron chi connectivity index (χ3n) is 4.90. The van der Waals surface area contributed by atoms with Gasteiger partial charge in [0.15, 0.2) is 5.69 Å². The molecular weight excluding hydrogens is 340 g/mol. The minimum atomic E-state index is -0.420. The highest BCUT2D eigenvalue weighted by Crippen LogP contribution is 2.21. The van der Waals surface area contributed by atoms with Gasteiger partial charge in [0, 0.05) is 18.0 Å². The van der Waals surface area contributed by atoms with Crippen molar-refractivity contribution in [3.8, 4) is 0 Å². The molecule has 1 amide bonds. The number of nitrogens with one attached hydrogen (secondary N) is 1. The lowest BCUT2D eigenvalue weighted by Crippen LogP contribution is -2.27. The summed E-state index contributed by atoms with van der Waals surface area (Å²) in [6, 6.07) is 15.2. The zero-order chi connectivity index (χ0) is 18.8. The maximum absolute atomic E-state index is 12.8. The molecule has 0 saturated carbocycles. The van der Waals surface area contributed by atoms with Gasteiger partial charge in [-0.2, -0.15) is 10.2 Å². The number of carbonyl (C=O) groups excluding carboxylic acids is 1. The van der Waals surface area contributed by atoms with Gasteiger partial charge in [-0.3, -0.25) is 9.59 Å². The first-order chi connectivity index (χ1) is 13.1. The van der Waals surface area contributed by atoms with E-state index in [1.807, 2.05) is 18.2 Å². The van der Waals surface area contributed by atoms with Crippen molar-refractivity contribution < 1.29 is 4.79 Å².